The minimum absolute atomic E-state index is 0.0332. The van der Waals surface area contributed by atoms with E-state index < -0.39 is 17.6 Å². The second-order valence-corrected chi connectivity index (χ2v) is 6.38. The van der Waals surface area contributed by atoms with E-state index in [9.17, 15) is 14.0 Å². The van der Waals surface area contributed by atoms with E-state index in [0.29, 0.717) is 27.4 Å². The molecule has 28 heavy (non-hydrogen) atoms. The molecule has 3 aromatic rings. The average molecular weight is 402 g/mol. The minimum Gasteiger partial charge on any atom is -0.481 e. The van der Waals surface area contributed by atoms with Crippen molar-refractivity contribution in [1.82, 2.24) is 4.98 Å². The lowest BCUT2D eigenvalue weighted by atomic mass is 10.2. The molecule has 0 aliphatic rings. The summed E-state index contributed by atoms with van der Waals surface area (Å²) >= 11 is 6.16. The number of hydrogen-bond donors (Lipinski definition) is 1. The summed E-state index contributed by atoms with van der Waals surface area (Å²) in [6.45, 7) is -0.244. The van der Waals surface area contributed by atoms with Gasteiger partial charge < -0.3 is 15.4 Å². The van der Waals surface area contributed by atoms with E-state index in [0.717, 1.165) is 0 Å². The van der Waals surface area contributed by atoms with Crippen molar-refractivity contribution >= 4 is 40.0 Å². The minimum atomic E-state index is -0.547. The van der Waals surface area contributed by atoms with E-state index in [1.807, 2.05) is 0 Å². The maximum Gasteiger partial charge on any atom is 0.264 e. The van der Waals surface area contributed by atoms with Gasteiger partial charge in [-0.15, -0.1) is 0 Å². The first-order chi connectivity index (χ1) is 13.5. The molecule has 2 aromatic carbocycles. The van der Waals surface area contributed by atoms with Gasteiger partial charge in [0.05, 0.1) is 5.02 Å². The number of benzene rings is 2. The lowest BCUT2D eigenvalue weighted by Crippen LogP contribution is -2.37. The smallest absolute Gasteiger partial charge is 0.264 e. The number of aromatic nitrogens is 1. The quantitative estimate of drug-likeness (QED) is 0.658. The van der Waals surface area contributed by atoms with Crippen LogP contribution in [0.15, 0.2) is 54.7 Å². The molecule has 1 aromatic heterocycles. The van der Waals surface area contributed by atoms with Crippen LogP contribution in [-0.2, 0) is 9.59 Å². The van der Waals surface area contributed by atoms with Crippen molar-refractivity contribution in [3.8, 4) is 5.75 Å². The van der Waals surface area contributed by atoms with Crippen LogP contribution in [0.3, 0.4) is 0 Å². The summed E-state index contributed by atoms with van der Waals surface area (Å²) < 4.78 is 18.9. The van der Waals surface area contributed by atoms with Gasteiger partial charge in [-0.3, -0.25) is 14.6 Å². The summed E-state index contributed by atoms with van der Waals surface area (Å²) in [4.78, 5) is 29.5. The monoisotopic (exact) mass is 401 g/mol. The normalized spacial score (nSPS) is 10.6. The molecule has 0 atom stereocenters. The van der Waals surface area contributed by atoms with E-state index in [1.54, 1.807) is 30.5 Å². The zero-order valence-corrected chi connectivity index (χ0v) is 15.5. The molecule has 0 spiro atoms. The van der Waals surface area contributed by atoms with Crippen LogP contribution in [0.25, 0.3) is 10.9 Å². The van der Waals surface area contributed by atoms with Gasteiger partial charge in [-0.25, -0.2) is 4.39 Å². The lowest BCUT2D eigenvalue weighted by molar-refractivity contribution is -0.120. The summed E-state index contributed by atoms with van der Waals surface area (Å²) in [6.07, 6.45) is 1.57. The maximum absolute atomic E-state index is 13.2. The van der Waals surface area contributed by atoms with Gasteiger partial charge in [0.15, 0.2) is 6.61 Å². The van der Waals surface area contributed by atoms with Crippen molar-refractivity contribution in [1.29, 1.82) is 0 Å². The number of pyridine rings is 1. The van der Waals surface area contributed by atoms with Crippen molar-refractivity contribution in [3.05, 3.63) is 65.6 Å². The van der Waals surface area contributed by atoms with E-state index in [1.165, 1.54) is 29.2 Å². The van der Waals surface area contributed by atoms with E-state index in [-0.39, 0.29) is 19.6 Å². The van der Waals surface area contributed by atoms with Gasteiger partial charge in [0.1, 0.15) is 17.1 Å². The molecule has 1 heterocycles. The van der Waals surface area contributed by atoms with Crippen LogP contribution in [0.5, 0.6) is 5.75 Å². The van der Waals surface area contributed by atoms with E-state index in [2.05, 4.69) is 4.98 Å². The predicted molar refractivity (Wildman–Crippen MR) is 105 cm³/mol. The van der Waals surface area contributed by atoms with Crippen molar-refractivity contribution in [2.75, 3.05) is 18.1 Å². The first kappa shape index (κ1) is 19.6. The van der Waals surface area contributed by atoms with Crippen molar-refractivity contribution in [2.24, 2.45) is 5.73 Å². The molecule has 8 heteroatoms. The number of primary amides is 1. The number of nitrogens with two attached hydrogens (primary N) is 1. The second kappa shape index (κ2) is 8.67. The highest BCUT2D eigenvalue weighted by molar-refractivity contribution is 6.35. The highest BCUT2D eigenvalue weighted by atomic mass is 35.5. The Morgan fingerprint density at radius 1 is 1.14 bits per heavy atom. The van der Waals surface area contributed by atoms with Gasteiger partial charge in [-0.2, -0.15) is 0 Å². The van der Waals surface area contributed by atoms with Crippen LogP contribution in [0.2, 0.25) is 5.02 Å². The SMILES string of the molecule is NC(=O)CCN(C(=O)COc1ccc(Cl)c2cccnc12)c1ccc(F)cc1. The molecule has 0 fully saturated rings. The van der Waals surface area contributed by atoms with Crippen molar-refractivity contribution in [2.45, 2.75) is 6.42 Å². The number of carbonyl (C=O) groups excluding carboxylic acids is 2. The molecule has 0 saturated heterocycles. The van der Waals surface area contributed by atoms with Crippen molar-refractivity contribution in [3.63, 3.8) is 0 Å². The summed E-state index contributed by atoms with van der Waals surface area (Å²) in [5, 5.41) is 1.23. The van der Waals surface area contributed by atoms with Crippen LogP contribution in [0, 0.1) is 5.82 Å². The Bertz CT molecular complexity index is 1010. The fourth-order valence-electron chi connectivity index (χ4n) is 2.69. The molecule has 0 saturated carbocycles. The van der Waals surface area contributed by atoms with Crippen LogP contribution in [-0.4, -0.2) is 29.9 Å². The molecule has 0 unspecified atom stereocenters. The number of anilines is 1. The number of ether oxygens (including phenoxy) is 1. The topological polar surface area (TPSA) is 85.5 Å². The molecule has 144 valence electrons. The van der Waals surface area contributed by atoms with Crippen LogP contribution in [0.1, 0.15) is 6.42 Å². The third kappa shape index (κ3) is 4.55. The molecule has 2 amide bonds. The Morgan fingerprint density at radius 3 is 2.61 bits per heavy atom. The summed E-state index contributed by atoms with van der Waals surface area (Å²) in [5.74, 6) is -0.982. The Hall–Kier alpha value is -3.19. The highest BCUT2D eigenvalue weighted by Gasteiger charge is 2.18. The molecule has 0 radical (unpaired) electrons. The predicted octanol–water partition coefficient (Wildman–Crippen LogP) is 3.31. The molecule has 2 N–H and O–H groups in total. The lowest BCUT2D eigenvalue weighted by Gasteiger charge is -2.22. The Morgan fingerprint density at radius 2 is 1.89 bits per heavy atom. The van der Waals surface area contributed by atoms with Crippen LogP contribution >= 0.6 is 11.6 Å². The Balaban J connectivity index is 1.79. The summed E-state index contributed by atoms with van der Waals surface area (Å²) in [6, 6.07) is 12.2. The number of hydrogen-bond acceptors (Lipinski definition) is 4. The first-order valence-corrected chi connectivity index (χ1v) is 8.84. The van der Waals surface area contributed by atoms with E-state index >= 15 is 0 Å². The molecular weight excluding hydrogens is 385 g/mol. The standard InChI is InChI=1S/C20H17ClFN3O3/c21-16-7-8-17(20-15(16)2-1-10-24-20)28-12-19(27)25(11-9-18(23)26)14-5-3-13(22)4-6-14/h1-8,10H,9,11-12H2,(H2,23,26). The van der Waals surface area contributed by atoms with Gasteiger partial charge >= 0.3 is 0 Å². The maximum atomic E-state index is 13.2. The number of carbonyl (C=O) groups is 2. The van der Waals surface area contributed by atoms with E-state index in [4.69, 9.17) is 22.1 Å². The van der Waals surface area contributed by atoms with Gasteiger partial charge in [-0.1, -0.05) is 11.6 Å². The van der Waals surface area contributed by atoms with Crippen LogP contribution < -0.4 is 15.4 Å². The van der Waals surface area contributed by atoms with Gasteiger partial charge in [0.25, 0.3) is 5.91 Å². The summed E-state index contributed by atoms with van der Waals surface area (Å²) in [7, 11) is 0. The van der Waals surface area contributed by atoms with Crippen molar-refractivity contribution < 1.29 is 18.7 Å². The number of halogens is 2. The largest absolute Gasteiger partial charge is 0.481 e. The zero-order chi connectivity index (χ0) is 20.1. The number of nitrogens with zero attached hydrogens (tertiary/aromatic N) is 2. The third-order valence-corrected chi connectivity index (χ3v) is 4.38. The molecule has 0 aliphatic heterocycles. The molecule has 0 bridgehead atoms. The van der Waals surface area contributed by atoms with Gasteiger partial charge in [-0.05, 0) is 48.5 Å². The molecule has 6 nitrogen and oxygen atoms in total. The molecular formula is C20H17ClFN3O3. The number of fused-ring (bicyclic) bond motifs is 1. The summed E-state index contributed by atoms with van der Waals surface area (Å²) in [5.41, 5.74) is 6.17. The zero-order valence-electron chi connectivity index (χ0n) is 14.8. The molecule has 0 aliphatic carbocycles. The average Bonchev–Trinajstić information content (AvgIpc) is 2.69. The molecule has 3 rings (SSSR count). The Kier molecular flexibility index (Phi) is 6.06. The third-order valence-electron chi connectivity index (χ3n) is 4.05. The number of rotatable bonds is 7. The second-order valence-electron chi connectivity index (χ2n) is 5.97. The van der Waals surface area contributed by atoms with Crippen LogP contribution in [0.4, 0.5) is 10.1 Å². The first-order valence-electron chi connectivity index (χ1n) is 8.46. The highest BCUT2D eigenvalue weighted by Crippen LogP contribution is 2.29. The Labute approximate surface area is 165 Å². The van der Waals surface area contributed by atoms with Gasteiger partial charge in [0, 0.05) is 30.2 Å². The number of amides is 2. The van der Waals surface area contributed by atoms with Gasteiger partial charge in [0.2, 0.25) is 5.91 Å². The fourth-order valence-corrected chi connectivity index (χ4v) is 2.90. The fraction of sp³-hybridized carbons (Fsp3) is 0.150.